The maximum absolute atomic E-state index is 13.7. The zero-order valence-corrected chi connectivity index (χ0v) is 18.8. The Morgan fingerprint density at radius 2 is 1.82 bits per heavy atom. The number of carbonyl (C=O) groups excluding carboxylic acids is 1. The number of imidazole rings is 1. The molecule has 6 rings (SSSR count). The molecule has 0 saturated carbocycles. The maximum atomic E-state index is 13.7. The number of methoxy groups -OCH3 is 1. The molecule has 4 aromatic rings. The van der Waals surface area contributed by atoms with E-state index < -0.39 is 0 Å². The Bertz CT molecular complexity index is 1420. The molecular formula is C27H22ClN3O2. The van der Waals surface area contributed by atoms with Gasteiger partial charge in [-0.1, -0.05) is 48.0 Å². The minimum Gasteiger partial charge on any atom is -0.497 e. The lowest BCUT2D eigenvalue weighted by atomic mass is 9.77. The van der Waals surface area contributed by atoms with Gasteiger partial charge in [0, 0.05) is 22.7 Å². The molecule has 1 N–H and O–H groups in total. The third-order valence-electron chi connectivity index (χ3n) is 6.65. The van der Waals surface area contributed by atoms with Gasteiger partial charge in [-0.15, -0.1) is 0 Å². The number of rotatable bonds is 3. The summed E-state index contributed by atoms with van der Waals surface area (Å²) in [6.45, 7) is 0. The number of Topliss-reactive ketones (excluding diaryl/α,β-unsaturated/α-hetero) is 1. The number of carbonyl (C=O) groups is 1. The van der Waals surface area contributed by atoms with Gasteiger partial charge in [0.15, 0.2) is 5.78 Å². The number of hydrogen-bond acceptors (Lipinski definition) is 4. The maximum Gasteiger partial charge on any atom is 0.209 e. The third-order valence-corrected chi connectivity index (χ3v) is 6.88. The molecule has 2 heterocycles. The molecule has 0 spiro atoms. The van der Waals surface area contributed by atoms with Gasteiger partial charge in [0.1, 0.15) is 5.75 Å². The van der Waals surface area contributed by atoms with Gasteiger partial charge >= 0.3 is 0 Å². The summed E-state index contributed by atoms with van der Waals surface area (Å²) in [5, 5.41) is 4.16. The van der Waals surface area contributed by atoms with Gasteiger partial charge in [-0.05, 0) is 59.9 Å². The first-order valence-electron chi connectivity index (χ1n) is 11.0. The van der Waals surface area contributed by atoms with Crippen LogP contribution in [0.15, 0.2) is 84.1 Å². The Labute approximate surface area is 196 Å². The number of benzene rings is 3. The fourth-order valence-corrected chi connectivity index (χ4v) is 5.33. The van der Waals surface area contributed by atoms with Crippen LogP contribution in [0.3, 0.4) is 0 Å². The van der Waals surface area contributed by atoms with Gasteiger partial charge in [-0.3, -0.25) is 9.36 Å². The van der Waals surface area contributed by atoms with Crippen LogP contribution in [0.2, 0.25) is 5.02 Å². The van der Waals surface area contributed by atoms with Crippen molar-refractivity contribution in [3.63, 3.8) is 0 Å². The summed E-state index contributed by atoms with van der Waals surface area (Å²) in [7, 11) is 1.66. The zero-order chi connectivity index (χ0) is 22.5. The normalized spacial score (nSPS) is 19.8. The Kier molecular flexibility index (Phi) is 4.73. The van der Waals surface area contributed by atoms with E-state index in [1.807, 2.05) is 60.7 Å². The predicted molar refractivity (Wildman–Crippen MR) is 130 cm³/mol. The highest BCUT2D eigenvalue weighted by atomic mass is 35.5. The highest BCUT2D eigenvalue weighted by Crippen LogP contribution is 2.46. The van der Waals surface area contributed by atoms with Crippen LogP contribution in [-0.2, 0) is 4.79 Å². The summed E-state index contributed by atoms with van der Waals surface area (Å²) in [5.74, 6) is 1.82. The molecule has 164 valence electrons. The van der Waals surface area contributed by atoms with Crippen molar-refractivity contribution in [3.05, 3.63) is 100 Å². The summed E-state index contributed by atoms with van der Waals surface area (Å²) >= 11 is 6.37. The molecule has 1 aliphatic carbocycles. The molecule has 6 heteroatoms. The van der Waals surface area contributed by atoms with Crippen LogP contribution >= 0.6 is 11.6 Å². The van der Waals surface area contributed by atoms with Crippen molar-refractivity contribution in [3.8, 4) is 5.75 Å². The summed E-state index contributed by atoms with van der Waals surface area (Å²) in [6.07, 6.45) is 1.21. The van der Waals surface area contributed by atoms with E-state index in [1.54, 1.807) is 7.11 Å². The summed E-state index contributed by atoms with van der Waals surface area (Å²) in [4.78, 5) is 18.5. The van der Waals surface area contributed by atoms with Crippen molar-refractivity contribution in [1.29, 1.82) is 0 Å². The summed E-state index contributed by atoms with van der Waals surface area (Å²) in [5.41, 5.74) is 5.75. The minimum absolute atomic E-state index is 0.102. The second kappa shape index (κ2) is 7.78. The summed E-state index contributed by atoms with van der Waals surface area (Å²) in [6, 6.07) is 23.5. The molecule has 0 saturated heterocycles. The van der Waals surface area contributed by atoms with Crippen LogP contribution in [0.25, 0.3) is 11.0 Å². The Morgan fingerprint density at radius 3 is 2.61 bits per heavy atom. The van der Waals surface area contributed by atoms with Crippen molar-refractivity contribution in [1.82, 2.24) is 9.55 Å². The third kappa shape index (κ3) is 3.31. The van der Waals surface area contributed by atoms with Crippen molar-refractivity contribution < 1.29 is 9.53 Å². The van der Waals surface area contributed by atoms with E-state index in [1.165, 1.54) is 0 Å². The molecular weight excluding hydrogens is 434 g/mol. The van der Waals surface area contributed by atoms with E-state index in [2.05, 4.69) is 22.0 Å². The second-order valence-corrected chi connectivity index (χ2v) is 9.01. The predicted octanol–water partition coefficient (Wildman–Crippen LogP) is 6.11. The highest BCUT2D eigenvalue weighted by molar-refractivity contribution is 6.30. The van der Waals surface area contributed by atoms with Crippen molar-refractivity contribution in [2.24, 2.45) is 0 Å². The molecule has 2 atom stereocenters. The number of anilines is 1. The van der Waals surface area contributed by atoms with Gasteiger partial charge in [0.25, 0.3) is 0 Å². The SMILES string of the molecule is COc1ccc([C@@H]2CC(=O)C3=C(C2)Nc2nc4ccccc4n2[C@@H]3c2cccc(Cl)c2)cc1. The number of nitrogens with one attached hydrogen (secondary N) is 1. The van der Waals surface area contributed by atoms with Crippen molar-refractivity contribution in [2.75, 3.05) is 12.4 Å². The van der Waals surface area contributed by atoms with E-state index >= 15 is 0 Å². The number of aromatic nitrogens is 2. The van der Waals surface area contributed by atoms with Gasteiger partial charge in [-0.25, -0.2) is 4.98 Å². The quantitative estimate of drug-likeness (QED) is 0.404. The van der Waals surface area contributed by atoms with E-state index in [-0.39, 0.29) is 17.7 Å². The lowest BCUT2D eigenvalue weighted by Crippen LogP contribution is -2.33. The first-order valence-corrected chi connectivity index (χ1v) is 11.4. The van der Waals surface area contributed by atoms with E-state index in [0.29, 0.717) is 11.4 Å². The second-order valence-electron chi connectivity index (χ2n) is 8.57. The topological polar surface area (TPSA) is 56.1 Å². The Balaban J connectivity index is 1.49. The van der Waals surface area contributed by atoms with Crippen LogP contribution in [0, 0.1) is 0 Å². The van der Waals surface area contributed by atoms with Gasteiger partial charge in [0.2, 0.25) is 5.95 Å². The zero-order valence-electron chi connectivity index (χ0n) is 18.1. The van der Waals surface area contributed by atoms with E-state index in [9.17, 15) is 4.79 Å². The standard InChI is InChI=1S/C27H22ClN3O2/c1-33-20-11-9-16(10-12-20)18-14-22-25(24(32)15-18)26(17-5-4-6-19(28)13-17)31-23-8-3-2-7-21(23)29-27(31)30-22/h2-13,18,26H,14-15H2,1H3,(H,29,30)/t18-,26+/m0/s1. The molecule has 5 nitrogen and oxygen atoms in total. The number of hydrogen-bond donors (Lipinski definition) is 1. The number of halogens is 1. The largest absolute Gasteiger partial charge is 0.497 e. The monoisotopic (exact) mass is 455 g/mol. The summed E-state index contributed by atoms with van der Waals surface area (Å²) < 4.78 is 7.42. The fourth-order valence-electron chi connectivity index (χ4n) is 5.13. The fraction of sp³-hybridized carbons (Fsp3) is 0.185. The average Bonchev–Trinajstić information content (AvgIpc) is 3.20. The number of allylic oxidation sites excluding steroid dienone is 2. The molecule has 1 aliphatic heterocycles. The highest BCUT2D eigenvalue weighted by Gasteiger charge is 2.39. The number of ether oxygens (including phenoxy) is 1. The van der Waals surface area contributed by atoms with Crippen LogP contribution < -0.4 is 10.1 Å². The molecule has 1 aromatic heterocycles. The Hall–Kier alpha value is -3.57. The van der Waals surface area contributed by atoms with Crippen LogP contribution in [0.4, 0.5) is 5.95 Å². The number of ketones is 1. The van der Waals surface area contributed by atoms with Gasteiger partial charge < -0.3 is 10.1 Å². The number of fused-ring (bicyclic) bond motifs is 3. The lowest BCUT2D eigenvalue weighted by Gasteiger charge is -2.36. The molecule has 3 aromatic carbocycles. The number of nitrogens with zero attached hydrogens (tertiary/aromatic N) is 2. The van der Waals surface area contributed by atoms with E-state index in [4.69, 9.17) is 21.3 Å². The molecule has 2 aliphatic rings. The first kappa shape index (κ1) is 20.1. The average molecular weight is 456 g/mol. The van der Waals surface area contributed by atoms with Crippen molar-refractivity contribution in [2.45, 2.75) is 24.8 Å². The smallest absolute Gasteiger partial charge is 0.209 e. The molecule has 33 heavy (non-hydrogen) atoms. The first-order chi connectivity index (χ1) is 16.1. The lowest BCUT2D eigenvalue weighted by molar-refractivity contribution is -0.116. The molecule has 0 fully saturated rings. The Morgan fingerprint density at radius 1 is 1.00 bits per heavy atom. The van der Waals surface area contributed by atoms with Gasteiger partial charge in [-0.2, -0.15) is 0 Å². The molecule has 0 radical (unpaired) electrons. The minimum atomic E-state index is -0.272. The van der Waals surface area contributed by atoms with Crippen LogP contribution in [0.5, 0.6) is 5.75 Å². The van der Waals surface area contributed by atoms with Crippen LogP contribution in [0.1, 0.15) is 35.9 Å². The van der Waals surface area contributed by atoms with Gasteiger partial charge in [0.05, 0.1) is 24.2 Å². The molecule has 0 unspecified atom stereocenters. The van der Waals surface area contributed by atoms with E-state index in [0.717, 1.165) is 51.5 Å². The molecule has 0 bridgehead atoms. The molecule has 0 amide bonds. The number of para-hydroxylation sites is 2. The van der Waals surface area contributed by atoms with Crippen LogP contribution in [-0.4, -0.2) is 22.4 Å². The van der Waals surface area contributed by atoms with Crippen molar-refractivity contribution >= 4 is 34.4 Å².